The van der Waals surface area contributed by atoms with Crippen LogP contribution in [0.15, 0.2) is 75.5 Å². The van der Waals surface area contributed by atoms with Gasteiger partial charge >= 0.3 is 5.97 Å². The van der Waals surface area contributed by atoms with Crippen molar-refractivity contribution in [2.24, 2.45) is 10.2 Å². The van der Waals surface area contributed by atoms with Gasteiger partial charge in [0.2, 0.25) is 0 Å². The van der Waals surface area contributed by atoms with Gasteiger partial charge in [0, 0.05) is 6.07 Å². The van der Waals surface area contributed by atoms with Crippen molar-refractivity contribution in [2.75, 3.05) is 0 Å². The summed E-state index contributed by atoms with van der Waals surface area (Å²) in [5, 5.41) is 20.9. The molecule has 0 saturated carbocycles. The van der Waals surface area contributed by atoms with Crippen LogP contribution in [0.3, 0.4) is 0 Å². The van der Waals surface area contributed by atoms with Gasteiger partial charge in [0.1, 0.15) is 11.4 Å². The molecule has 0 fully saturated rings. The maximum Gasteiger partial charge on any atom is 0.340 e. The highest BCUT2D eigenvalue weighted by Gasteiger charge is 2.13. The zero-order chi connectivity index (χ0) is 16.8. The third kappa shape index (κ3) is 3.83. The maximum atomic E-state index is 12.2. The fourth-order valence-corrected chi connectivity index (χ4v) is 1.90. The number of phenolic OH excluding ortho intramolecular Hbond substituents is 1. The van der Waals surface area contributed by atoms with Gasteiger partial charge in [-0.05, 0) is 36.4 Å². The second-order valence-electron chi connectivity index (χ2n) is 4.79. The first-order chi connectivity index (χ1) is 11.7. The molecule has 2 aromatic carbocycles. The molecule has 3 rings (SSSR count). The Bertz CT molecular complexity index is 843. The van der Waals surface area contributed by atoms with E-state index in [4.69, 9.17) is 9.26 Å². The van der Waals surface area contributed by atoms with Gasteiger partial charge in [0.05, 0.1) is 17.4 Å². The molecule has 3 aromatic rings. The molecule has 0 aliphatic carbocycles. The largest absolute Gasteiger partial charge is 0.508 e. The fourth-order valence-electron chi connectivity index (χ4n) is 1.90. The van der Waals surface area contributed by atoms with E-state index in [1.165, 1.54) is 18.3 Å². The van der Waals surface area contributed by atoms with E-state index in [2.05, 4.69) is 15.4 Å². The maximum absolute atomic E-state index is 12.2. The Kier molecular flexibility index (Phi) is 4.62. The third-order valence-corrected chi connectivity index (χ3v) is 3.08. The van der Waals surface area contributed by atoms with Crippen LogP contribution in [0.25, 0.3) is 0 Å². The first kappa shape index (κ1) is 15.4. The number of esters is 1. The summed E-state index contributed by atoms with van der Waals surface area (Å²) in [5.41, 5.74) is 1.23. The summed E-state index contributed by atoms with van der Waals surface area (Å²) >= 11 is 0. The smallest absolute Gasteiger partial charge is 0.340 e. The predicted octanol–water partition coefficient (Wildman–Crippen LogP) is 4.15. The molecule has 1 heterocycles. The van der Waals surface area contributed by atoms with E-state index < -0.39 is 5.97 Å². The summed E-state index contributed by atoms with van der Waals surface area (Å²) in [7, 11) is 0. The van der Waals surface area contributed by atoms with Crippen molar-refractivity contribution < 1.29 is 19.2 Å². The average Bonchev–Trinajstić information content (AvgIpc) is 3.13. The lowest BCUT2D eigenvalue weighted by atomic mass is 10.2. The number of hydrogen-bond donors (Lipinski definition) is 1. The number of ether oxygens (including phenoxy) is 1. The van der Waals surface area contributed by atoms with Gasteiger partial charge in [0.25, 0.3) is 0 Å². The molecule has 7 nitrogen and oxygen atoms in total. The molecule has 0 unspecified atom stereocenters. The molecular weight excluding hydrogens is 310 g/mol. The molecule has 24 heavy (non-hydrogen) atoms. The second-order valence-corrected chi connectivity index (χ2v) is 4.79. The van der Waals surface area contributed by atoms with Crippen molar-refractivity contribution in [3.05, 3.63) is 72.1 Å². The van der Waals surface area contributed by atoms with Crippen molar-refractivity contribution in [3.63, 3.8) is 0 Å². The molecular formula is C17H13N3O4. The Hall–Kier alpha value is -3.48. The minimum Gasteiger partial charge on any atom is -0.508 e. The van der Waals surface area contributed by atoms with Crippen molar-refractivity contribution in [2.45, 2.75) is 6.61 Å². The van der Waals surface area contributed by atoms with Gasteiger partial charge in [-0.1, -0.05) is 17.3 Å². The molecule has 0 saturated heterocycles. The molecule has 0 aliphatic rings. The molecule has 0 bridgehead atoms. The van der Waals surface area contributed by atoms with Crippen LogP contribution in [0.1, 0.15) is 16.1 Å². The van der Waals surface area contributed by atoms with Gasteiger partial charge < -0.3 is 14.4 Å². The van der Waals surface area contributed by atoms with E-state index in [9.17, 15) is 9.90 Å². The Balaban J connectivity index is 1.74. The van der Waals surface area contributed by atoms with Crippen LogP contribution in [-0.4, -0.2) is 16.2 Å². The number of carbonyl (C=O) groups is 1. The molecule has 0 atom stereocenters. The van der Waals surface area contributed by atoms with Crippen LogP contribution in [0.5, 0.6) is 5.75 Å². The highest BCUT2D eigenvalue weighted by atomic mass is 16.5. The molecule has 7 heteroatoms. The van der Waals surface area contributed by atoms with Gasteiger partial charge in [-0.3, -0.25) is 0 Å². The van der Waals surface area contributed by atoms with Gasteiger partial charge in [0.15, 0.2) is 12.4 Å². The molecule has 0 spiro atoms. The number of nitrogens with zero attached hydrogens (tertiary/aromatic N) is 3. The number of benzene rings is 2. The van der Waals surface area contributed by atoms with E-state index in [1.54, 1.807) is 42.5 Å². The summed E-state index contributed by atoms with van der Waals surface area (Å²) in [6.45, 7) is -0.0116. The standard InChI is InChI=1S/C17H13N3O4/c21-13-7-5-12(6-8-13)19-20-16-4-2-1-3-15(16)17(22)23-11-14-9-10-18-24-14/h1-10,21H,11H2. The molecule has 1 aromatic heterocycles. The van der Waals surface area contributed by atoms with Crippen LogP contribution in [-0.2, 0) is 11.3 Å². The quantitative estimate of drug-likeness (QED) is 0.562. The fraction of sp³-hybridized carbons (Fsp3) is 0.0588. The van der Waals surface area contributed by atoms with E-state index in [-0.39, 0.29) is 12.4 Å². The highest BCUT2D eigenvalue weighted by molar-refractivity contribution is 5.94. The van der Waals surface area contributed by atoms with Crippen molar-refractivity contribution in [1.82, 2.24) is 5.16 Å². The summed E-state index contributed by atoms with van der Waals surface area (Å²) in [4.78, 5) is 12.2. The topological polar surface area (TPSA) is 97.3 Å². The first-order valence-corrected chi connectivity index (χ1v) is 7.09. The van der Waals surface area contributed by atoms with E-state index in [1.807, 2.05) is 0 Å². The Morgan fingerprint density at radius 2 is 1.88 bits per heavy atom. The van der Waals surface area contributed by atoms with Gasteiger partial charge in [-0.25, -0.2) is 4.79 Å². The Morgan fingerprint density at radius 3 is 2.62 bits per heavy atom. The third-order valence-electron chi connectivity index (χ3n) is 3.08. The first-order valence-electron chi connectivity index (χ1n) is 7.09. The highest BCUT2D eigenvalue weighted by Crippen LogP contribution is 2.24. The predicted molar refractivity (Wildman–Crippen MR) is 84.3 cm³/mol. The minimum atomic E-state index is -0.536. The van der Waals surface area contributed by atoms with Crippen LogP contribution >= 0.6 is 0 Å². The zero-order valence-corrected chi connectivity index (χ0v) is 12.5. The van der Waals surface area contributed by atoms with E-state index in [0.717, 1.165) is 0 Å². The second kappa shape index (κ2) is 7.19. The van der Waals surface area contributed by atoms with Crippen LogP contribution in [0.2, 0.25) is 0 Å². The van der Waals surface area contributed by atoms with Crippen LogP contribution in [0.4, 0.5) is 11.4 Å². The molecule has 120 valence electrons. The summed E-state index contributed by atoms with van der Waals surface area (Å²) in [6, 6.07) is 14.6. The number of phenols is 1. The van der Waals surface area contributed by atoms with Crippen LogP contribution in [0, 0.1) is 0 Å². The van der Waals surface area contributed by atoms with Crippen molar-refractivity contribution in [1.29, 1.82) is 0 Å². The van der Waals surface area contributed by atoms with Gasteiger partial charge in [-0.2, -0.15) is 5.11 Å². The average molecular weight is 323 g/mol. The lowest BCUT2D eigenvalue weighted by Crippen LogP contribution is -2.05. The summed E-state index contributed by atoms with van der Waals surface area (Å²) in [6.07, 6.45) is 1.48. The van der Waals surface area contributed by atoms with Crippen molar-refractivity contribution in [3.8, 4) is 5.75 Å². The summed E-state index contributed by atoms with van der Waals surface area (Å²) in [5.74, 6) is 0.0588. The zero-order valence-electron chi connectivity index (χ0n) is 12.5. The summed E-state index contributed by atoms with van der Waals surface area (Å²) < 4.78 is 10.0. The lowest BCUT2D eigenvalue weighted by molar-refractivity contribution is 0.0438. The van der Waals surface area contributed by atoms with E-state index >= 15 is 0 Å². The number of aromatic hydroxyl groups is 1. The Labute approximate surface area is 137 Å². The Morgan fingerprint density at radius 1 is 1.08 bits per heavy atom. The normalized spacial score (nSPS) is 10.8. The molecule has 0 aliphatic heterocycles. The number of rotatable bonds is 5. The lowest BCUT2D eigenvalue weighted by Gasteiger charge is -2.04. The number of aromatic nitrogens is 1. The molecule has 0 radical (unpaired) electrons. The number of carbonyl (C=O) groups excluding carboxylic acids is 1. The number of hydrogen-bond acceptors (Lipinski definition) is 7. The SMILES string of the molecule is O=C(OCc1ccno1)c1ccccc1N=Nc1ccc(O)cc1. The molecule has 1 N–H and O–H groups in total. The minimum absolute atomic E-state index is 0.0116. The van der Waals surface area contributed by atoms with Gasteiger partial charge in [-0.15, -0.1) is 5.11 Å². The number of azo groups is 1. The monoisotopic (exact) mass is 323 g/mol. The van der Waals surface area contributed by atoms with E-state index in [0.29, 0.717) is 22.7 Å². The van der Waals surface area contributed by atoms with Crippen molar-refractivity contribution >= 4 is 17.3 Å². The van der Waals surface area contributed by atoms with Crippen LogP contribution < -0.4 is 0 Å². The molecule has 0 amide bonds.